The number of carboxylic acids is 1. The van der Waals surface area contributed by atoms with E-state index in [-0.39, 0.29) is 17.1 Å². The third-order valence-corrected chi connectivity index (χ3v) is 4.45. The van der Waals surface area contributed by atoms with Gasteiger partial charge in [0.05, 0.1) is 11.3 Å². The number of rotatable bonds is 3. The maximum Gasteiger partial charge on any atom is 0.419 e. The van der Waals surface area contributed by atoms with Gasteiger partial charge < -0.3 is 10.8 Å². The van der Waals surface area contributed by atoms with Gasteiger partial charge in [-0.1, -0.05) is 35.4 Å². The molecule has 28 heavy (non-hydrogen) atoms. The fourth-order valence-corrected chi connectivity index (χ4v) is 2.81. The molecule has 0 amide bonds. The highest BCUT2D eigenvalue weighted by Gasteiger charge is 2.33. The van der Waals surface area contributed by atoms with Crippen molar-refractivity contribution < 1.29 is 27.5 Å². The van der Waals surface area contributed by atoms with E-state index >= 15 is 0 Å². The lowest BCUT2D eigenvalue weighted by Gasteiger charge is -2.10. The van der Waals surface area contributed by atoms with Crippen LogP contribution in [0.15, 0.2) is 47.8 Å². The molecule has 1 aromatic heterocycles. The second-order valence-corrected chi connectivity index (χ2v) is 6.63. The molecule has 0 aliphatic rings. The topological polar surface area (TPSA) is 74.0 Å². The number of alkyl halides is 3. The highest BCUT2D eigenvalue weighted by Crippen LogP contribution is 2.32. The Bertz CT molecular complexity index is 959. The summed E-state index contributed by atoms with van der Waals surface area (Å²) in [6.45, 7) is -0.288. The summed E-state index contributed by atoms with van der Waals surface area (Å²) in [6, 6.07) is 9.66. The van der Waals surface area contributed by atoms with Gasteiger partial charge in [-0.25, -0.2) is 14.2 Å². The second kappa shape index (κ2) is 9.13. The van der Waals surface area contributed by atoms with E-state index in [2.05, 4.69) is 4.98 Å². The van der Waals surface area contributed by atoms with Gasteiger partial charge in [0.2, 0.25) is 5.01 Å². The molecule has 3 aromatic rings. The number of aromatic carboxylic acids is 1. The van der Waals surface area contributed by atoms with Crippen LogP contribution in [0, 0.1) is 5.82 Å². The number of halogens is 5. The molecule has 4 nitrogen and oxygen atoms in total. The number of carboxylic acid groups (broad SMARTS) is 1. The van der Waals surface area contributed by atoms with E-state index in [4.69, 9.17) is 22.4 Å². The fraction of sp³-hybridized carbons (Fsp3) is 0.111. The van der Waals surface area contributed by atoms with E-state index in [1.165, 1.54) is 0 Å². The number of thiazole rings is 1. The fourth-order valence-electron chi connectivity index (χ4n) is 2.02. The van der Waals surface area contributed by atoms with Crippen LogP contribution >= 0.6 is 22.9 Å². The van der Waals surface area contributed by atoms with Crippen LogP contribution in [0.3, 0.4) is 0 Å². The summed E-state index contributed by atoms with van der Waals surface area (Å²) >= 11 is 6.86. The van der Waals surface area contributed by atoms with E-state index in [0.29, 0.717) is 16.8 Å². The number of nitrogens with one attached hydrogen (secondary N) is 1. The number of benzene rings is 2. The quantitative estimate of drug-likeness (QED) is 0.477. The van der Waals surface area contributed by atoms with Gasteiger partial charge in [0, 0.05) is 16.0 Å². The number of hydrogen-bond acceptors (Lipinski definition) is 3. The summed E-state index contributed by atoms with van der Waals surface area (Å²) in [5.74, 6) is -2.30. The SMILES string of the molecule is O=C(O)c1nc(-c2ccc(Cl)cc2)cs1.[NH-]Cc1ccc(F)c(C(F)(F)F)c1. The van der Waals surface area contributed by atoms with Crippen molar-refractivity contribution in [2.45, 2.75) is 12.7 Å². The van der Waals surface area contributed by atoms with Gasteiger partial charge >= 0.3 is 12.1 Å². The Morgan fingerprint density at radius 3 is 2.32 bits per heavy atom. The molecule has 0 fully saturated rings. The van der Waals surface area contributed by atoms with E-state index in [0.717, 1.165) is 29.0 Å². The molecule has 0 spiro atoms. The highest BCUT2D eigenvalue weighted by molar-refractivity contribution is 7.11. The van der Waals surface area contributed by atoms with Crippen molar-refractivity contribution in [1.82, 2.24) is 4.98 Å². The van der Waals surface area contributed by atoms with Crippen molar-refractivity contribution in [3.05, 3.63) is 80.6 Å². The number of carbonyl (C=O) groups is 1. The summed E-state index contributed by atoms with van der Waals surface area (Å²) in [4.78, 5) is 14.6. The van der Waals surface area contributed by atoms with Crippen molar-refractivity contribution in [2.24, 2.45) is 0 Å². The standard InChI is InChI=1S/C10H6ClNO2S.C8H6F4N/c11-7-3-1-6(2-4-7)8-5-15-9(12-8)10(13)14;9-7-2-1-5(4-13)3-6(7)8(10,11)12/h1-5H,(H,13,14);1-3,13H,4H2/q;-1. The molecule has 0 atom stereocenters. The average Bonchev–Trinajstić information content (AvgIpc) is 3.13. The zero-order chi connectivity index (χ0) is 20.9. The lowest BCUT2D eigenvalue weighted by molar-refractivity contribution is -0.140. The summed E-state index contributed by atoms with van der Waals surface area (Å²) < 4.78 is 48.8. The van der Waals surface area contributed by atoms with Crippen LogP contribution in [0.5, 0.6) is 0 Å². The van der Waals surface area contributed by atoms with Crippen LogP contribution in [-0.4, -0.2) is 16.1 Å². The van der Waals surface area contributed by atoms with Gasteiger partial charge in [-0.05, 0) is 24.3 Å². The molecule has 148 valence electrons. The van der Waals surface area contributed by atoms with Crippen molar-refractivity contribution in [3.63, 3.8) is 0 Å². The molecule has 0 saturated carbocycles. The largest absolute Gasteiger partial charge is 0.674 e. The first-order chi connectivity index (χ1) is 13.1. The molecule has 2 N–H and O–H groups in total. The van der Waals surface area contributed by atoms with Crippen molar-refractivity contribution >= 4 is 28.9 Å². The maximum atomic E-state index is 12.6. The Hall–Kier alpha value is -2.49. The first-order valence-electron chi connectivity index (χ1n) is 7.56. The summed E-state index contributed by atoms with van der Waals surface area (Å²) in [5, 5.41) is 11.2. The molecule has 0 aliphatic heterocycles. The highest BCUT2D eigenvalue weighted by atomic mass is 35.5. The van der Waals surface area contributed by atoms with Gasteiger partial charge in [0.15, 0.2) is 0 Å². The van der Waals surface area contributed by atoms with E-state index in [1.54, 1.807) is 17.5 Å². The van der Waals surface area contributed by atoms with Crippen LogP contribution in [0.25, 0.3) is 17.0 Å². The van der Waals surface area contributed by atoms with Crippen LogP contribution < -0.4 is 0 Å². The molecular formula is C18H12ClF4N2O2S-. The summed E-state index contributed by atoms with van der Waals surface area (Å²) in [7, 11) is 0. The Labute approximate surface area is 166 Å². The van der Waals surface area contributed by atoms with Gasteiger partial charge in [0.25, 0.3) is 0 Å². The van der Waals surface area contributed by atoms with Gasteiger partial charge in [-0.15, -0.1) is 17.9 Å². The van der Waals surface area contributed by atoms with Crippen LogP contribution in [-0.2, 0) is 12.7 Å². The minimum atomic E-state index is -4.69. The lowest BCUT2D eigenvalue weighted by Crippen LogP contribution is -2.08. The predicted octanol–water partition coefficient (Wildman–Crippen LogP) is 6.56. The first-order valence-corrected chi connectivity index (χ1v) is 8.82. The van der Waals surface area contributed by atoms with Crippen molar-refractivity contribution in [3.8, 4) is 11.3 Å². The van der Waals surface area contributed by atoms with Crippen molar-refractivity contribution in [1.29, 1.82) is 0 Å². The molecule has 0 radical (unpaired) electrons. The Kier molecular flexibility index (Phi) is 7.11. The van der Waals surface area contributed by atoms with E-state index < -0.39 is 23.5 Å². The van der Waals surface area contributed by atoms with Crippen molar-refractivity contribution in [2.75, 3.05) is 0 Å². The molecule has 0 bridgehead atoms. The Balaban J connectivity index is 0.000000203. The summed E-state index contributed by atoms with van der Waals surface area (Å²) in [5.41, 5.74) is 7.19. The second-order valence-electron chi connectivity index (χ2n) is 5.34. The van der Waals surface area contributed by atoms with Crippen LogP contribution in [0.2, 0.25) is 5.02 Å². The Morgan fingerprint density at radius 2 is 1.82 bits per heavy atom. The van der Waals surface area contributed by atoms with Gasteiger partial charge in [-0.2, -0.15) is 13.2 Å². The number of aromatic nitrogens is 1. The van der Waals surface area contributed by atoms with E-state index in [1.807, 2.05) is 12.1 Å². The Morgan fingerprint density at radius 1 is 1.18 bits per heavy atom. The number of hydrogen-bond donors (Lipinski definition) is 1. The van der Waals surface area contributed by atoms with Crippen LogP contribution in [0.4, 0.5) is 17.6 Å². The van der Waals surface area contributed by atoms with Gasteiger partial charge in [0.1, 0.15) is 5.82 Å². The third-order valence-electron chi connectivity index (χ3n) is 3.37. The maximum absolute atomic E-state index is 12.6. The average molecular weight is 432 g/mol. The molecule has 3 rings (SSSR count). The zero-order valence-corrected chi connectivity index (χ0v) is 15.5. The van der Waals surface area contributed by atoms with Gasteiger partial charge in [-0.3, -0.25) is 0 Å². The minimum Gasteiger partial charge on any atom is -0.674 e. The molecule has 1 heterocycles. The minimum absolute atomic E-state index is 0.0972. The smallest absolute Gasteiger partial charge is 0.419 e. The lowest BCUT2D eigenvalue weighted by atomic mass is 10.1. The summed E-state index contributed by atoms with van der Waals surface area (Å²) in [6.07, 6.45) is -4.69. The zero-order valence-electron chi connectivity index (χ0n) is 13.9. The normalized spacial score (nSPS) is 10.9. The van der Waals surface area contributed by atoms with E-state index in [9.17, 15) is 22.4 Å². The third kappa shape index (κ3) is 5.75. The number of nitrogens with zero attached hydrogens (tertiary/aromatic N) is 1. The molecule has 0 unspecified atom stereocenters. The van der Waals surface area contributed by atoms with Crippen LogP contribution in [0.1, 0.15) is 20.9 Å². The first kappa shape index (κ1) is 21.8. The predicted molar refractivity (Wildman–Crippen MR) is 98.9 cm³/mol. The molecular weight excluding hydrogens is 420 g/mol. The molecule has 0 saturated heterocycles. The molecule has 0 aliphatic carbocycles. The molecule has 2 aromatic carbocycles. The monoisotopic (exact) mass is 431 g/mol. The molecule has 10 heteroatoms.